The van der Waals surface area contributed by atoms with Gasteiger partial charge in [0.15, 0.2) is 5.78 Å². The minimum absolute atomic E-state index is 0.000103. The van der Waals surface area contributed by atoms with E-state index >= 15 is 0 Å². The molecular formula is C14H12N4OS. The fourth-order valence-electron chi connectivity index (χ4n) is 1.80. The Bertz CT molecular complexity index is 732. The van der Waals surface area contributed by atoms with E-state index in [0.717, 1.165) is 15.3 Å². The maximum absolute atomic E-state index is 12.1. The molecule has 2 heterocycles. The van der Waals surface area contributed by atoms with Crippen LogP contribution >= 0.6 is 11.3 Å². The molecule has 6 heteroatoms. The quantitative estimate of drug-likeness (QED) is 0.691. The predicted octanol–water partition coefficient (Wildman–Crippen LogP) is 2.59. The number of aromatic nitrogens is 4. The molecule has 2 aromatic heterocycles. The fourth-order valence-corrected chi connectivity index (χ4v) is 2.60. The summed E-state index contributed by atoms with van der Waals surface area (Å²) >= 11 is 1.48. The first kappa shape index (κ1) is 12.7. The minimum atomic E-state index is 0.000103. The standard InChI is InChI=1S/C14H12N4OS/c1-10-7-8-13(20-10)12(19)9-18-16-14(15-17-18)11-5-3-2-4-6-11/h2-8H,9H2,1H3. The highest BCUT2D eigenvalue weighted by Crippen LogP contribution is 2.16. The van der Waals surface area contributed by atoms with Crippen LogP contribution in [0.15, 0.2) is 42.5 Å². The highest BCUT2D eigenvalue weighted by atomic mass is 32.1. The van der Waals surface area contributed by atoms with Crippen LogP contribution in [0.1, 0.15) is 14.5 Å². The summed E-state index contributed by atoms with van der Waals surface area (Å²) in [4.78, 5) is 15.2. The van der Waals surface area contributed by atoms with Gasteiger partial charge in [-0.3, -0.25) is 4.79 Å². The van der Waals surface area contributed by atoms with Gasteiger partial charge in [-0.1, -0.05) is 30.3 Å². The van der Waals surface area contributed by atoms with E-state index in [4.69, 9.17) is 0 Å². The third-order valence-corrected chi connectivity index (χ3v) is 3.83. The Labute approximate surface area is 119 Å². The molecule has 0 radical (unpaired) electrons. The predicted molar refractivity (Wildman–Crippen MR) is 76.6 cm³/mol. The van der Waals surface area contributed by atoms with Crippen molar-refractivity contribution < 1.29 is 4.79 Å². The van der Waals surface area contributed by atoms with Crippen LogP contribution in [0.25, 0.3) is 11.4 Å². The van der Waals surface area contributed by atoms with E-state index in [-0.39, 0.29) is 12.3 Å². The van der Waals surface area contributed by atoms with E-state index in [1.165, 1.54) is 16.1 Å². The third kappa shape index (κ3) is 2.65. The molecule has 5 nitrogen and oxygen atoms in total. The van der Waals surface area contributed by atoms with Crippen molar-refractivity contribution in [3.05, 3.63) is 52.2 Å². The topological polar surface area (TPSA) is 60.7 Å². The molecule has 0 spiro atoms. The lowest BCUT2D eigenvalue weighted by Gasteiger charge is -1.96. The van der Waals surface area contributed by atoms with Crippen molar-refractivity contribution in [2.24, 2.45) is 0 Å². The molecule has 0 aliphatic heterocycles. The van der Waals surface area contributed by atoms with Crippen LogP contribution < -0.4 is 0 Å². The van der Waals surface area contributed by atoms with Crippen molar-refractivity contribution in [1.82, 2.24) is 20.2 Å². The second-order valence-corrected chi connectivity index (χ2v) is 5.63. The minimum Gasteiger partial charge on any atom is -0.291 e. The smallest absolute Gasteiger partial charge is 0.204 e. The van der Waals surface area contributed by atoms with E-state index in [1.807, 2.05) is 49.4 Å². The molecule has 0 unspecified atom stereocenters. The van der Waals surface area contributed by atoms with Crippen LogP contribution in [0.5, 0.6) is 0 Å². The molecule has 1 aromatic carbocycles. The maximum atomic E-state index is 12.1. The van der Waals surface area contributed by atoms with E-state index in [1.54, 1.807) is 0 Å². The molecule has 0 aliphatic rings. The average molecular weight is 284 g/mol. The molecule has 0 N–H and O–H groups in total. The fraction of sp³-hybridized carbons (Fsp3) is 0.143. The lowest BCUT2D eigenvalue weighted by Crippen LogP contribution is -2.12. The van der Waals surface area contributed by atoms with Gasteiger partial charge >= 0.3 is 0 Å². The van der Waals surface area contributed by atoms with Crippen LogP contribution in [0.3, 0.4) is 0 Å². The van der Waals surface area contributed by atoms with Crippen LogP contribution in [0, 0.1) is 6.92 Å². The summed E-state index contributed by atoms with van der Waals surface area (Å²) in [5.74, 6) is 0.529. The van der Waals surface area contributed by atoms with Gasteiger partial charge in [-0.05, 0) is 24.3 Å². The summed E-state index contributed by atoms with van der Waals surface area (Å²) in [6.45, 7) is 2.09. The molecule has 0 saturated heterocycles. The summed E-state index contributed by atoms with van der Waals surface area (Å²) in [7, 11) is 0. The van der Waals surface area contributed by atoms with Gasteiger partial charge < -0.3 is 0 Å². The van der Waals surface area contributed by atoms with Crippen LogP contribution in [0.2, 0.25) is 0 Å². The number of hydrogen-bond donors (Lipinski definition) is 0. The average Bonchev–Trinajstić information content (AvgIpc) is 3.09. The maximum Gasteiger partial charge on any atom is 0.204 e. The number of hydrogen-bond acceptors (Lipinski definition) is 5. The summed E-state index contributed by atoms with van der Waals surface area (Å²) < 4.78 is 0. The van der Waals surface area contributed by atoms with Gasteiger partial charge in [0.05, 0.1) is 4.88 Å². The molecule has 0 saturated carbocycles. The van der Waals surface area contributed by atoms with Crippen LogP contribution in [0.4, 0.5) is 0 Å². The first-order valence-electron chi connectivity index (χ1n) is 6.15. The second-order valence-electron chi connectivity index (χ2n) is 4.34. The van der Waals surface area contributed by atoms with Crippen LogP contribution in [-0.2, 0) is 6.54 Å². The zero-order valence-corrected chi connectivity index (χ0v) is 11.7. The Hall–Kier alpha value is -2.34. The van der Waals surface area contributed by atoms with Crippen molar-refractivity contribution in [2.75, 3.05) is 0 Å². The van der Waals surface area contributed by atoms with Crippen molar-refractivity contribution >= 4 is 17.1 Å². The molecule has 0 fully saturated rings. The Morgan fingerprint density at radius 3 is 2.70 bits per heavy atom. The van der Waals surface area contributed by atoms with Gasteiger partial charge in [0.25, 0.3) is 0 Å². The largest absolute Gasteiger partial charge is 0.291 e. The molecular weight excluding hydrogens is 272 g/mol. The molecule has 20 heavy (non-hydrogen) atoms. The van der Waals surface area contributed by atoms with Gasteiger partial charge in [0.2, 0.25) is 5.82 Å². The van der Waals surface area contributed by atoms with Gasteiger partial charge in [-0.25, -0.2) is 0 Å². The highest BCUT2D eigenvalue weighted by Gasteiger charge is 2.12. The van der Waals surface area contributed by atoms with Gasteiger partial charge in [-0.15, -0.1) is 21.5 Å². The first-order chi connectivity index (χ1) is 9.72. The van der Waals surface area contributed by atoms with Crippen molar-refractivity contribution in [2.45, 2.75) is 13.5 Å². The molecule has 100 valence electrons. The highest BCUT2D eigenvalue weighted by molar-refractivity contribution is 7.14. The molecule has 3 rings (SSSR count). The number of rotatable bonds is 4. The number of tetrazole rings is 1. The summed E-state index contributed by atoms with van der Waals surface area (Å²) in [5, 5.41) is 12.1. The summed E-state index contributed by atoms with van der Waals surface area (Å²) in [6.07, 6.45) is 0. The SMILES string of the molecule is Cc1ccc(C(=O)Cn2nnc(-c3ccccc3)n2)s1. The number of ketones is 1. The van der Waals surface area contributed by atoms with Crippen LogP contribution in [-0.4, -0.2) is 26.0 Å². The van der Waals surface area contributed by atoms with Gasteiger partial charge in [-0.2, -0.15) is 4.80 Å². The lowest BCUT2D eigenvalue weighted by molar-refractivity contribution is 0.0965. The van der Waals surface area contributed by atoms with Gasteiger partial charge in [0.1, 0.15) is 6.54 Å². The Balaban J connectivity index is 1.76. The number of carbonyl (C=O) groups excluding carboxylic acids is 1. The third-order valence-electron chi connectivity index (χ3n) is 2.79. The Morgan fingerprint density at radius 1 is 1.20 bits per heavy atom. The molecule has 0 amide bonds. The van der Waals surface area contributed by atoms with Gasteiger partial charge in [0, 0.05) is 10.4 Å². The van der Waals surface area contributed by atoms with Crippen molar-refractivity contribution in [3.8, 4) is 11.4 Å². The second kappa shape index (κ2) is 5.34. The number of nitrogens with zero attached hydrogens (tertiary/aromatic N) is 4. The first-order valence-corrected chi connectivity index (χ1v) is 6.97. The number of Topliss-reactive ketones (excluding diaryl/α,β-unsaturated/α-hetero) is 1. The molecule has 0 atom stereocenters. The van der Waals surface area contributed by atoms with Crippen molar-refractivity contribution in [3.63, 3.8) is 0 Å². The molecule has 0 bridgehead atoms. The van der Waals surface area contributed by atoms with E-state index in [9.17, 15) is 4.79 Å². The molecule has 3 aromatic rings. The number of thiophene rings is 1. The Morgan fingerprint density at radius 2 is 2.00 bits per heavy atom. The Kier molecular flexibility index (Phi) is 3.39. The lowest BCUT2D eigenvalue weighted by atomic mass is 10.2. The van der Waals surface area contributed by atoms with Crippen molar-refractivity contribution in [1.29, 1.82) is 0 Å². The number of carbonyl (C=O) groups is 1. The van der Waals surface area contributed by atoms with E-state index in [0.29, 0.717) is 5.82 Å². The zero-order valence-electron chi connectivity index (χ0n) is 10.9. The van der Waals surface area contributed by atoms with E-state index in [2.05, 4.69) is 15.4 Å². The van der Waals surface area contributed by atoms with E-state index < -0.39 is 0 Å². The summed E-state index contributed by atoms with van der Waals surface area (Å²) in [5.41, 5.74) is 0.887. The zero-order chi connectivity index (χ0) is 13.9. The molecule has 0 aliphatic carbocycles. The normalized spacial score (nSPS) is 10.7. The summed E-state index contributed by atoms with van der Waals surface area (Å²) in [6, 6.07) is 13.3. The number of aryl methyl sites for hydroxylation is 1. The monoisotopic (exact) mass is 284 g/mol. The number of benzene rings is 1.